The van der Waals surface area contributed by atoms with Crippen molar-refractivity contribution in [1.82, 2.24) is 9.97 Å². The van der Waals surface area contributed by atoms with Crippen LogP contribution in [0.2, 0.25) is 0 Å². The smallest absolute Gasteiger partial charge is 0.257 e. The minimum Gasteiger partial charge on any atom is -0.321 e. The van der Waals surface area contributed by atoms with Crippen molar-refractivity contribution in [3.05, 3.63) is 78.1 Å². The van der Waals surface area contributed by atoms with E-state index in [1.54, 1.807) is 42.6 Å². The zero-order valence-corrected chi connectivity index (χ0v) is 12.1. The van der Waals surface area contributed by atoms with E-state index < -0.39 is 0 Å². The monoisotopic (exact) mass is 300 g/mol. The van der Waals surface area contributed by atoms with Crippen LogP contribution in [-0.2, 0) is 0 Å². The van der Waals surface area contributed by atoms with Gasteiger partial charge in [0.25, 0.3) is 5.91 Å². The molecule has 1 N–H and O–H groups in total. The molecule has 0 spiro atoms. The third-order valence-electron chi connectivity index (χ3n) is 3.25. The van der Waals surface area contributed by atoms with Gasteiger partial charge in [-0.05, 0) is 36.4 Å². The van der Waals surface area contributed by atoms with Crippen LogP contribution >= 0.6 is 0 Å². The third-order valence-corrected chi connectivity index (χ3v) is 3.25. The van der Waals surface area contributed by atoms with Gasteiger partial charge in [-0.15, -0.1) is 0 Å². The molecule has 0 aliphatic heterocycles. The van der Waals surface area contributed by atoms with E-state index in [1.165, 1.54) is 6.20 Å². The van der Waals surface area contributed by atoms with Gasteiger partial charge in [0, 0.05) is 12.4 Å². The predicted octanol–water partition coefficient (Wildman–Crippen LogP) is 3.27. The Morgan fingerprint density at radius 2 is 1.74 bits per heavy atom. The van der Waals surface area contributed by atoms with E-state index in [2.05, 4.69) is 15.3 Å². The lowest BCUT2D eigenvalue weighted by Crippen LogP contribution is -2.13. The number of benzene rings is 1. The molecule has 0 saturated carbocycles. The highest BCUT2D eigenvalue weighted by Crippen LogP contribution is 2.17. The summed E-state index contributed by atoms with van der Waals surface area (Å²) in [5.41, 5.74) is 2.75. The van der Waals surface area contributed by atoms with E-state index in [0.29, 0.717) is 22.5 Å². The Morgan fingerprint density at radius 3 is 2.43 bits per heavy atom. The lowest BCUT2D eigenvalue weighted by atomic mass is 10.1. The highest BCUT2D eigenvalue weighted by Gasteiger charge is 2.10. The van der Waals surface area contributed by atoms with Crippen molar-refractivity contribution >= 4 is 11.6 Å². The zero-order chi connectivity index (χ0) is 16.1. The Labute approximate surface area is 133 Å². The summed E-state index contributed by atoms with van der Waals surface area (Å²) in [5.74, 6) is -0.312. The Morgan fingerprint density at radius 1 is 0.957 bits per heavy atom. The van der Waals surface area contributed by atoms with Crippen LogP contribution in [0.3, 0.4) is 0 Å². The van der Waals surface area contributed by atoms with Gasteiger partial charge in [-0.2, -0.15) is 5.26 Å². The molecule has 5 nitrogen and oxygen atoms in total. The lowest BCUT2D eigenvalue weighted by molar-refractivity contribution is 0.102. The predicted molar refractivity (Wildman–Crippen MR) is 86.6 cm³/mol. The molecule has 2 heterocycles. The average Bonchev–Trinajstić information content (AvgIpc) is 2.63. The van der Waals surface area contributed by atoms with Gasteiger partial charge in [-0.25, -0.2) is 0 Å². The molecule has 0 bridgehead atoms. The Balaban J connectivity index is 1.80. The second kappa shape index (κ2) is 6.50. The number of hydrogen-bond acceptors (Lipinski definition) is 4. The highest BCUT2D eigenvalue weighted by atomic mass is 16.1. The van der Waals surface area contributed by atoms with Crippen molar-refractivity contribution in [2.24, 2.45) is 0 Å². The molecule has 1 amide bonds. The van der Waals surface area contributed by atoms with Gasteiger partial charge in [-0.3, -0.25) is 14.8 Å². The minimum atomic E-state index is -0.312. The third kappa shape index (κ3) is 3.22. The number of amides is 1. The Bertz CT molecular complexity index is 868. The number of hydrogen-bond donors (Lipinski definition) is 1. The molecule has 0 aliphatic carbocycles. The van der Waals surface area contributed by atoms with Gasteiger partial charge in [0.15, 0.2) is 0 Å². The van der Waals surface area contributed by atoms with E-state index in [0.717, 1.165) is 5.69 Å². The van der Waals surface area contributed by atoms with Crippen LogP contribution in [0.15, 0.2) is 67.0 Å². The summed E-state index contributed by atoms with van der Waals surface area (Å²) >= 11 is 0. The van der Waals surface area contributed by atoms with Crippen LogP contribution in [0.25, 0.3) is 11.4 Å². The number of rotatable bonds is 3. The van der Waals surface area contributed by atoms with E-state index in [9.17, 15) is 4.79 Å². The molecular weight excluding hydrogens is 288 g/mol. The summed E-state index contributed by atoms with van der Waals surface area (Å²) in [7, 11) is 0. The van der Waals surface area contributed by atoms with Crippen LogP contribution in [0, 0.1) is 11.3 Å². The van der Waals surface area contributed by atoms with Gasteiger partial charge in [0.05, 0.1) is 28.2 Å². The summed E-state index contributed by atoms with van der Waals surface area (Å²) in [6.07, 6.45) is 3.19. The number of nitrogens with zero attached hydrogens (tertiary/aromatic N) is 3. The van der Waals surface area contributed by atoms with E-state index >= 15 is 0 Å². The molecule has 1 aromatic carbocycles. The van der Waals surface area contributed by atoms with Crippen LogP contribution < -0.4 is 5.32 Å². The number of anilines is 1. The number of carbonyl (C=O) groups is 1. The van der Waals surface area contributed by atoms with Gasteiger partial charge >= 0.3 is 0 Å². The largest absolute Gasteiger partial charge is 0.321 e. The maximum absolute atomic E-state index is 12.3. The second-order valence-corrected chi connectivity index (χ2v) is 4.76. The molecule has 3 rings (SSSR count). The van der Waals surface area contributed by atoms with Crippen LogP contribution in [-0.4, -0.2) is 15.9 Å². The fraction of sp³-hybridized carbons (Fsp3) is 0. The topological polar surface area (TPSA) is 78.7 Å². The minimum absolute atomic E-state index is 0.312. The van der Waals surface area contributed by atoms with Crippen molar-refractivity contribution < 1.29 is 4.79 Å². The lowest BCUT2D eigenvalue weighted by Gasteiger charge is -2.07. The Kier molecular flexibility index (Phi) is 4.07. The molecule has 23 heavy (non-hydrogen) atoms. The van der Waals surface area contributed by atoms with Crippen LogP contribution in [0.4, 0.5) is 5.69 Å². The van der Waals surface area contributed by atoms with Gasteiger partial charge in [0.2, 0.25) is 0 Å². The first kappa shape index (κ1) is 14.4. The van der Waals surface area contributed by atoms with Gasteiger partial charge in [-0.1, -0.05) is 18.2 Å². The SMILES string of the molecule is N#Cc1ccccc1NC(=O)c1ccc(-c2ccccn2)nc1. The maximum atomic E-state index is 12.3. The standard InChI is InChI=1S/C18H12N4O/c19-11-13-5-1-2-6-15(13)22-18(23)14-8-9-17(21-12-14)16-7-3-4-10-20-16/h1-10,12H,(H,22,23). The highest BCUT2D eigenvalue weighted by molar-refractivity contribution is 6.04. The van der Waals surface area contributed by atoms with Crippen molar-refractivity contribution in [1.29, 1.82) is 5.26 Å². The number of pyridine rings is 2. The van der Waals surface area contributed by atoms with Crippen molar-refractivity contribution in [2.75, 3.05) is 5.32 Å². The van der Waals surface area contributed by atoms with Crippen molar-refractivity contribution in [3.63, 3.8) is 0 Å². The molecule has 5 heteroatoms. The molecule has 2 aromatic heterocycles. The zero-order valence-electron chi connectivity index (χ0n) is 12.1. The van der Waals surface area contributed by atoms with Crippen molar-refractivity contribution in [2.45, 2.75) is 0 Å². The first-order chi connectivity index (χ1) is 11.3. The number of para-hydroxylation sites is 1. The summed E-state index contributed by atoms with van der Waals surface area (Å²) in [6, 6.07) is 17.9. The molecule has 3 aromatic rings. The van der Waals surface area contributed by atoms with Gasteiger partial charge in [0.1, 0.15) is 6.07 Å². The number of nitriles is 1. The van der Waals surface area contributed by atoms with Gasteiger partial charge < -0.3 is 5.32 Å². The molecule has 110 valence electrons. The fourth-order valence-corrected chi connectivity index (χ4v) is 2.08. The van der Waals surface area contributed by atoms with Crippen LogP contribution in [0.5, 0.6) is 0 Å². The molecular formula is C18H12N4O. The number of nitrogens with one attached hydrogen (secondary N) is 1. The van der Waals surface area contributed by atoms with E-state index in [4.69, 9.17) is 5.26 Å². The summed E-state index contributed by atoms with van der Waals surface area (Å²) in [4.78, 5) is 20.7. The molecule has 0 saturated heterocycles. The normalized spacial score (nSPS) is 9.87. The molecule has 0 aliphatic rings. The molecule has 0 fully saturated rings. The fourth-order valence-electron chi connectivity index (χ4n) is 2.08. The first-order valence-electron chi connectivity index (χ1n) is 6.96. The average molecular weight is 300 g/mol. The maximum Gasteiger partial charge on any atom is 0.257 e. The quantitative estimate of drug-likeness (QED) is 0.805. The van der Waals surface area contributed by atoms with Crippen LogP contribution in [0.1, 0.15) is 15.9 Å². The number of aromatic nitrogens is 2. The molecule has 0 atom stereocenters. The molecule has 0 radical (unpaired) electrons. The summed E-state index contributed by atoms with van der Waals surface area (Å²) in [5, 5.41) is 11.8. The van der Waals surface area contributed by atoms with Crippen molar-refractivity contribution in [3.8, 4) is 17.5 Å². The summed E-state index contributed by atoms with van der Waals surface area (Å²) in [6.45, 7) is 0. The summed E-state index contributed by atoms with van der Waals surface area (Å²) < 4.78 is 0. The first-order valence-corrected chi connectivity index (χ1v) is 6.96. The second-order valence-electron chi connectivity index (χ2n) is 4.76. The van der Waals surface area contributed by atoms with E-state index in [1.807, 2.05) is 24.3 Å². The number of carbonyl (C=O) groups excluding carboxylic acids is 1. The Hall–Kier alpha value is -3.52. The molecule has 0 unspecified atom stereocenters. The van der Waals surface area contributed by atoms with E-state index in [-0.39, 0.29) is 5.91 Å².